The molecule has 0 fully saturated rings. The lowest BCUT2D eigenvalue weighted by Gasteiger charge is -2.13. The molecule has 0 aliphatic heterocycles. The molecule has 0 aromatic heterocycles. The van der Waals surface area contributed by atoms with Crippen LogP contribution in [0, 0.1) is 5.92 Å². The minimum absolute atomic E-state index is 0.126. The molecule has 1 N–H and O–H groups in total. The maximum atomic E-state index is 12.0. The van der Waals surface area contributed by atoms with E-state index < -0.39 is 0 Å². The number of nitrogens with one attached hydrogen (secondary N) is 1. The molecule has 0 radical (unpaired) electrons. The van der Waals surface area contributed by atoms with Crippen LogP contribution < -0.4 is 5.32 Å². The molecule has 0 aliphatic rings. The number of unbranched alkanes of at least 4 members (excludes halogenated alkanes) is 1. The van der Waals surface area contributed by atoms with E-state index in [1.165, 1.54) is 17.3 Å². The van der Waals surface area contributed by atoms with Crippen molar-refractivity contribution in [3.8, 4) is 0 Å². The predicted molar refractivity (Wildman–Crippen MR) is 88.6 cm³/mol. The minimum Gasteiger partial charge on any atom is -0.388 e. The highest BCUT2D eigenvalue weighted by Gasteiger charge is 2.07. The van der Waals surface area contributed by atoms with Crippen molar-refractivity contribution < 1.29 is 4.79 Å². The average Bonchev–Trinajstić information content (AvgIpc) is 2.45. The largest absolute Gasteiger partial charge is 0.388 e. The molecule has 0 saturated heterocycles. The summed E-state index contributed by atoms with van der Waals surface area (Å²) in [5.74, 6) is 1.09. The molecule has 0 spiro atoms. The molecule has 0 amide bonds. The Hall–Kier alpha value is -1.22. The Morgan fingerprint density at radius 2 is 2.00 bits per heavy atom. The Morgan fingerprint density at radius 1 is 1.30 bits per heavy atom. The maximum Gasteiger partial charge on any atom is 0.214 e. The Morgan fingerprint density at radius 3 is 2.60 bits per heavy atom. The highest BCUT2D eigenvalue weighted by Crippen LogP contribution is 2.15. The van der Waals surface area contributed by atoms with Gasteiger partial charge in [0.2, 0.25) is 5.12 Å². The number of carbonyl (C=O) groups excluding carboxylic acids is 1. The second kappa shape index (κ2) is 9.65. The number of rotatable bonds is 8. The first-order chi connectivity index (χ1) is 9.63. The number of hydrogen-bond acceptors (Lipinski definition) is 3. The van der Waals surface area contributed by atoms with Crippen LogP contribution in [0.2, 0.25) is 0 Å². The molecule has 0 aliphatic carbocycles. The summed E-state index contributed by atoms with van der Waals surface area (Å²) in [5, 5.41) is 3.50. The number of benzene rings is 1. The van der Waals surface area contributed by atoms with Gasteiger partial charge in [-0.15, -0.1) is 0 Å². The lowest BCUT2D eigenvalue weighted by molar-refractivity contribution is -0.107. The van der Waals surface area contributed by atoms with E-state index in [0.29, 0.717) is 5.92 Å². The molecule has 20 heavy (non-hydrogen) atoms. The third-order valence-electron chi connectivity index (χ3n) is 2.98. The normalized spacial score (nSPS) is 11.7. The van der Waals surface area contributed by atoms with Crippen LogP contribution in [0.1, 0.15) is 39.2 Å². The third-order valence-corrected chi connectivity index (χ3v) is 3.86. The van der Waals surface area contributed by atoms with Crippen molar-refractivity contribution in [3.05, 3.63) is 47.7 Å². The second-order valence-corrected chi connectivity index (χ2v) is 6.11. The Bertz CT molecular complexity index is 426. The van der Waals surface area contributed by atoms with Crippen LogP contribution in [0.3, 0.4) is 0 Å². The maximum absolute atomic E-state index is 12.0. The first-order valence-electron chi connectivity index (χ1n) is 7.29. The van der Waals surface area contributed by atoms with Crippen LogP contribution in [0.15, 0.2) is 42.1 Å². The van der Waals surface area contributed by atoms with Gasteiger partial charge in [-0.25, -0.2) is 0 Å². The molecule has 0 unspecified atom stereocenters. The molecule has 0 heterocycles. The van der Waals surface area contributed by atoms with Crippen molar-refractivity contribution in [2.24, 2.45) is 5.92 Å². The van der Waals surface area contributed by atoms with Crippen molar-refractivity contribution in [1.82, 2.24) is 5.32 Å². The molecule has 0 atom stereocenters. The van der Waals surface area contributed by atoms with Crippen molar-refractivity contribution in [2.75, 3.05) is 6.54 Å². The van der Waals surface area contributed by atoms with Crippen molar-refractivity contribution in [1.29, 1.82) is 0 Å². The number of hydrogen-bond donors (Lipinski definition) is 1. The van der Waals surface area contributed by atoms with E-state index in [1.54, 1.807) is 6.08 Å². The smallest absolute Gasteiger partial charge is 0.214 e. The van der Waals surface area contributed by atoms with Crippen LogP contribution in [0.25, 0.3) is 0 Å². The van der Waals surface area contributed by atoms with E-state index >= 15 is 0 Å². The van der Waals surface area contributed by atoms with Crippen LogP contribution in [-0.2, 0) is 10.5 Å². The first kappa shape index (κ1) is 16.8. The van der Waals surface area contributed by atoms with Gasteiger partial charge in [0.1, 0.15) is 0 Å². The molecule has 0 bridgehead atoms. The highest BCUT2D eigenvalue weighted by molar-refractivity contribution is 8.13. The Kier molecular flexibility index (Phi) is 8.12. The summed E-state index contributed by atoms with van der Waals surface area (Å²) in [6.45, 7) is 7.33. The summed E-state index contributed by atoms with van der Waals surface area (Å²) < 4.78 is 0. The van der Waals surface area contributed by atoms with Gasteiger partial charge in [-0.2, -0.15) is 0 Å². The summed E-state index contributed by atoms with van der Waals surface area (Å²) >= 11 is 1.36. The molecule has 1 aromatic rings. The summed E-state index contributed by atoms with van der Waals surface area (Å²) in [4.78, 5) is 12.0. The molecular formula is C17H25NOS. The van der Waals surface area contributed by atoms with Crippen LogP contribution in [0.4, 0.5) is 0 Å². The van der Waals surface area contributed by atoms with Gasteiger partial charge in [-0.3, -0.25) is 4.79 Å². The quantitative estimate of drug-likeness (QED) is 0.569. The fourth-order valence-corrected chi connectivity index (χ4v) is 2.44. The van der Waals surface area contributed by atoms with Gasteiger partial charge in [-0.05, 0) is 17.9 Å². The van der Waals surface area contributed by atoms with Gasteiger partial charge in [0.25, 0.3) is 0 Å². The van der Waals surface area contributed by atoms with E-state index in [-0.39, 0.29) is 5.12 Å². The van der Waals surface area contributed by atoms with E-state index in [1.807, 2.05) is 30.3 Å². The van der Waals surface area contributed by atoms with Gasteiger partial charge >= 0.3 is 0 Å². The van der Waals surface area contributed by atoms with E-state index in [4.69, 9.17) is 0 Å². The van der Waals surface area contributed by atoms with Gasteiger partial charge in [-0.1, -0.05) is 69.3 Å². The summed E-state index contributed by atoms with van der Waals surface area (Å²) in [6, 6.07) is 10.1. The lowest BCUT2D eigenvalue weighted by atomic mass is 10.1. The topological polar surface area (TPSA) is 29.1 Å². The van der Waals surface area contributed by atoms with Gasteiger partial charge in [0, 0.05) is 24.1 Å². The standard InChI is InChI=1S/C17H25NOS/c1-4-5-11-18-16(14(2)3)12-17(19)20-13-15-9-7-6-8-10-15/h6-10,12,14,18H,4-5,11,13H2,1-3H3/b16-12-. The highest BCUT2D eigenvalue weighted by atomic mass is 32.2. The number of allylic oxidation sites excluding steroid dienone is 1. The van der Waals surface area contributed by atoms with Crippen molar-refractivity contribution in [3.63, 3.8) is 0 Å². The van der Waals surface area contributed by atoms with Crippen molar-refractivity contribution in [2.45, 2.75) is 39.4 Å². The number of thioether (sulfide) groups is 1. The molecule has 1 rings (SSSR count). The van der Waals surface area contributed by atoms with Gasteiger partial charge in [0.05, 0.1) is 0 Å². The fraction of sp³-hybridized carbons (Fsp3) is 0.471. The zero-order chi connectivity index (χ0) is 14.8. The molecular weight excluding hydrogens is 266 g/mol. The third kappa shape index (κ3) is 6.80. The number of carbonyl (C=O) groups is 1. The van der Waals surface area contributed by atoms with Gasteiger partial charge < -0.3 is 5.32 Å². The van der Waals surface area contributed by atoms with Gasteiger partial charge in [0.15, 0.2) is 0 Å². The lowest BCUT2D eigenvalue weighted by Crippen LogP contribution is -2.19. The first-order valence-corrected chi connectivity index (χ1v) is 8.28. The SMILES string of the molecule is CCCCN/C(=C\C(=O)SCc1ccccc1)C(C)C. The molecule has 2 nitrogen and oxygen atoms in total. The summed E-state index contributed by atoms with van der Waals surface area (Å²) in [5.41, 5.74) is 2.23. The van der Waals surface area contributed by atoms with E-state index in [9.17, 15) is 4.79 Å². The average molecular weight is 291 g/mol. The summed E-state index contributed by atoms with van der Waals surface area (Å²) in [7, 11) is 0. The summed E-state index contributed by atoms with van der Waals surface area (Å²) in [6.07, 6.45) is 4.05. The van der Waals surface area contributed by atoms with Crippen LogP contribution in [-0.4, -0.2) is 11.7 Å². The van der Waals surface area contributed by atoms with Crippen LogP contribution >= 0.6 is 11.8 Å². The Balaban J connectivity index is 2.48. The molecule has 0 saturated carbocycles. The van der Waals surface area contributed by atoms with E-state index in [0.717, 1.165) is 30.8 Å². The molecule has 3 heteroatoms. The molecule has 110 valence electrons. The fourth-order valence-electron chi connectivity index (χ4n) is 1.73. The van der Waals surface area contributed by atoms with E-state index in [2.05, 4.69) is 26.1 Å². The minimum atomic E-state index is 0.126. The molecule has 1 aromatic carbocycles. The zero-order valence-corrected chi connectivity index (χ0v) is 13.5. The monoisotopic (exact) mass is 291 g/mol. The predicted octanol–water partition coefficient (Wildman–Crippen LogP) is 4.38. The zero-order valence-electron chi connectivity index (χ0n) is 12.7. The van der Waals surface area contributed by atoms with Crippen molar-refractivity contribution >= 4 is 16.9 Å². The Labute approximate surface area is 127 Å². The van der Waals surface area contributed by atoms with Crippen LogP contribution in [0.5, 0.6) is 0 Å². The second-order valence-electron chi connectivity index (χ2n) is 5.13.